The zero-order valence-electron chi connectivity index (χ0n) is 46.6. The van der Waals surface area contributed by atoms with Gasteiger partial charge in [-0.3, -0.25) is 14.4 Å². The highest BCUT2D eigenvalue weighted by Gasteiger charge is 2.19. The predicted octanol–water partition coefficient (Wildman–Crippen LogP) is 20.7. The lowest BCUT2D eigenvalue weighted by atomic mass is 10.0. The van der Waals surface area contributed by atoms with E-state index >= 15 is 0 Å². The van der Waals surface area contributed by atoms with E-state index in [4.69, 9.17) is 14.2 Å². The summed E-state index contributed by atoms with van der Waals surface area (Å²) in [6.45, 7) is 6.69. The van der Waals surface area contributed by atoms with Crippen molar-refractivity contribution in [2.24, 2.45) is 0 Å². The maximum atomic E-state index is 12.9. The van der Waals surface area contributed by atoms with Crippen molar-refractivity contribution >= 4 is 17.9 Å². The molecule has 0 amide bonds. The third kappa shape index (κ3) is 56.7. The number of rotatable bonds is 57. The predicted molar refractivity (Wildman–Crippen MR) is 298 cm³/mol. The summed E-state index contributed by atoms with van der Waals surface area (Å²) in [5.41, 5.74) is 0. The molecule has 0 aromatic rings. The number of carbonyl (C=O) groups is 3. The Bertz CT molecular complexity index is 1110. The maximum absolute atomic E-state index is 12.9. The van der Waals surface area contributed by atoms with Crippen LogP contribution in [0.1, 0.15) is 342 Å². The van der Waals surface area contributed by atoms with E-state index in [1.54, 1.807) is 0 Å². The van der Waals surface area contributed by atoms with Gasteiger partial charge in [0.15, 0.2) is 6.10 Å². The van der Waals surface area contributed by atoms with Crippen molar-refractivity contribution in [2.45, 2.75) is 348 Å². The highest BCUT2D eigenvalue weighted by Crippen LogP contribution is 2.17. The number of allylic oxidation sites excluding steroid dienone is 4. The van der Waals surface area contributed by atoms with Gasteiger partial charge in [0.2, 0.25) is 0 Å². The molecule has 0 aromatic heterocycles. The molecule has 0 saturated heterocycles. The first-order valence-corrected chi connectivity index (χ1v) is 30.8. The molecule has 6 nitrogen and oxygen atoms in total. The van der Waals surface area contributed by atoms with Gasteiger partial charge in [-0.1, -0.05) is 276 Å². The molecule has 0 saturated carbocycles. The number of esters is 3. The van der Waals surface area contributed by atoms with Crippen LogP contribution in [0, 0.1) is 0 Å². The standard InChI is InChI=1S/C63H118O6/c1-4-7-10-13-16-19-22-25-28-30-32-35-38-41-44-47-50-53-56-62(65)68-59-60(58-67-61(64)55-52-49-46-43-40-37-34-27-24-21-18-15-12-9-6-3)69-63(66)57-54-51-48-45-42-39-36-33-31-29-26-23-20-17-14-11-8-5-2/h32-33,35-36,60H,4-31,34,37-59H2,1-3H3/b35-32-,36-33-. The van der Waals surface area contributed by atoms with Crippen LogP contribution in [0.15, 0.2) is 24.3 Å². The van der Waals surface area contributed by atoms with Crippen molar-refractivity contribution < 1.29 is 28.6 Å². The monoisotopic (exact) mass is 971 g/mol. The van der Waals surface area contributed by atoms with Crippen LogP contribution in [0.4, 0.5) is 0 Å². The number of ether oxygens (including phenoxy) is 3. The zero-order chi connectivity index (χ0) is 50.0. The smallest absolute Gasteiger partial charge is 0.306 e. The first-order valence-electron chi connectivity index (χ1n) is 30.8. The van der Waals surface area contributed by atoms with Crippen LogP contribution >= 0.6 is 0 Å². The maximum Gasteiger partial charge on any atom is 0.306 e. The Hall–Kier alpha value is -2.11. The Balaban J connectivity index is 4.35. The summed E-state index contributed by atoms with van der Waals surface area (Å²) in [5, 5.41) is 0. The van der Waals surface area contributed by atoms with E-state index in [-0.39, 0.29) is 31.1 Å². The minimum atomic E-state index is -0.776. The third-order valence-electron chi connectivity index (χ3n) is 13.9. The molecular formula is C63H118O6. The van der Waals surface area contributed by atoms with Gasteiger partial charge in [0.25, 0.3) is 0 Å². The van der Waals surface area contributed by atoms with Crippen molar-refractivity contribution in [2.75, 3.05) is 13.2 Å². The molecule has 6 heteroatoms. The SMILES string of the molecule is CCCCCCCCCCC/C=C\CCCCCCCC(=O)OCC(COC(=O)CCCCCCCCCCCCCCCCC)OC(=O)CCCCCCC/C=C\CCCCCCCCCCC. The number of carbonyl (C=O) groups excluding carboxylic acids is 3. The molecule has 0 radical (unpaired) electrons. The van der Waals surface area contributed by atoms with E-state index < -0.39 is 6.10 Å². The fourth-order valence-electron chi connectivity index (χ4n) is 9.26. The van der Waals surface area contributed by atoms with Gasteiger partial charge in [0.1, 0.15) is 13.2 Å². The fraction of sp³-hybridized carbons (Fsp3) is 0.889. The summed E-state index contributed by atoms with van der Waals surface area (Å²) in [6.07, 6.45) is 68.9. The quantitative estimate of drug-likeness (QED) is 0.0261. The van der Waals surface area contributed by atoms with Crippen molar-refractivity contribution in [3.8, 4) is 0 Å². The highest BCUT2D eigenvalue weighted by molar-refractivity contribution is 5.71. The van der Waals surface area contributed by atoms with Crippen LogP contribution in [-0.2, 0) is 28.6 Å². The van der Waals surface area contributed by atoms with E-state index in [0.29, 0.717) is 19.3 Å². The Morgan fingerprint density at radius 2 is 0.478 bits per heavy atom. The van der Waals surface area contributed by atoms with Crippen LogP contribution < -0.4 is 0 Å². The fourth-order valence-corrected chi connectivity index (χ4v) is 9.26. The molecule has 406 valence electrons. The van der Waals surface area contributed by atoms with Gasteiger partial charge in [-0.15, -0.1) is 0 Å². The van der Waals surface area contributed by atoms with Crippen LogP contribution in [0.2, 0.25) is 0 Å². The van der Waals surface area contributed by atoms with E-state index in [1.807, 2.05) is 0 Å². The number of hydrogen-bond acceptors (Lipinski definition) is 6. The van der Waals surface area contributed by atoms with Gasteiger partial charge in [-0.05, 0) is 70.6 Å². The molecule has 0 rings (SSSR count). The summed E-state index contributed by atoms with van der Waals surface area (Å²) >= 11 is 0. The normalized spacial score (nSPS) is 12.1. The van der Waals surface area contributed by atoms with E-state index in [1.165, 1.54) is 231 Å². The second-order valence-corrected chi connectivity index (χ2v) is 21.0. The van der Waals surface area contributed by atoms with Crippen molar-refractivity contribution in [1.29, 1.82) is 0 Å². The first kappa shape index (κ1) is 66.9. The average Bonchev–Trinajstić information content (AvgIpc) is 3.35. The van der Waals surface area contributed by atoms with Gasteiger partial charge in [0, 0.05) is 19.3 Å². The highest BCUT2D eigenvalue weighted by atomic mass is 16.6. The van der Waals surface area contributed by atoms with Crippen molar-refractivity contribution in [3.05, 3.63) is 24.3 Å². The lowest BCUT2D eigenvalue weighted by molar-refractivity contribution is -0.167. The van der Waals surface area contributed by atoms with E-state index in [2.05, 4.69) is 45.1 Å². The molecule has 0 spiro atoms. The topological polar surface area (TPSA) is 78.9 Å². The Morgan fingerprint density at radius 3 is 0.725 bits per heavy atom. The molecule has 69 heavy (non-hydrogen) atoms. The Morgan fingerprint density at radius 1 is 0.275 bits per heavy atom. The van der Waals surface area contributed by atoms with Gasteiger partial charge in [-0.25, -0.2) is 0 Å². The second kappa shape index (κ2) is 58.5. The van der Waals surface area contributed by atoms with E-state index in [0.717, 1.165) is 70.6 Å². The summed E-state index contributed by atoms with van der Waals surface area (Å²) in [6, 6.07) is 0. The average molecular weight is 972 g/mol. The lowest BCUT2D eigenvalue weighted by Crippen LogP contribution is -2.30. The van der Waals surface area contributed by atoms with Gasteiger partial charge < -0.3 is 14.2 Å². The molecule has 1 atom stereocenters. The molecule has 1 unspecified atom stereocenters. The molecule has 0 aliphatic carbocycles. The van der Waals surface area contributed by atoms with Gasteiger partial charge in [-0.2, -0.15) is 0 Å². The van der Waals surface area contributed by atoms with Gasteiger partial charge in [0.05, 0.1) is 0 Å². The number of hydrogen-bond donors (Lipinski definition) is 0. The third-order valence-corrected chi connectivity index (χ3v) is 13.9. The minimum absolute atomic E-state index is 0.0725. The van der Waals surface area contributed by atoms with Crippen LogP contribution in [0.25, 0.3) is 0 Å². The molecular weight excluding hydrogens is 853 g/mol. The van der Waals surface area contributed by atoms with Crippen LogP contribution in [0.5, 0.6) is 0 Å². The lowest BCUT2D eigenvalue weighted by Gasteiger charge is -2.18. The second-order valence-electron chi connectivity index (χ2n) is 21.0. The molecule has 0 bridgehead atoms. The van der Waals surface area contributed by atoms with Gasteiger partial charge >= 0.3 is 17.9 Å². The van der Waals surface area contributed by atoms with E-state index in [9.17, 15) is 14.4 Å². The van der Waals surface area contributed by atoms with Crippen molar-refractivity contribution in [1.82, 2.24) is 0 Å². The molecule has 0 aliphatic heterocycles. The summed E-state index contributed by atoms with van der Waals surface area (Å²) < 4.78 is 16.9. The Kier molecular flexibility index (Phi) is 56.7. The molecule has 0 aromatic carbocycles. The first-order chi connectivity index (χ1) is 34.0. The summed E-state index contributed by atoms with van der Waals surface area (Å²) in [4.78, 5) is 38.2. The zero-order valence-corrected chi connectivity index (χ0v) is 46.6. The summed E-state index contributed by atoms with van der Waals surface area (Å²) in [7, 11) is 0. The molecule has 0 heterocycles. The minimum Gasteiger partial charge on any atom is -0.462 e. The Labute approximate surface area is 430 Å². The van der Waals surface area contributed by atoms with Crippen LogP contribution in [0.3, 0.4) is 0 Å². The molecule has 0 aliphatic rings. The van der Waals surface area contributed by atoms with Crippen LogP contribution in [-0.4, -0.2) is 37.2 Å². The molecule has 0 N–H and O–H groups in total. The molecule has 0 fully saturated rings. The number of unbranched alkanes of at least 4 members (excludes halogenated alkanes) is 42. The summed E-state index contributed by atoms with van der Waals surface area (Å²) in [5.74, 6) is -0.866. The largest absolute Gasteiger partial charge is 0.462 e. The van der Waals surface area contributed by atoms with Crippen molar-refractivity contribution in [3.63, 3.8) is 0 Å².